The number of aliphatic hydroxyl groups excluding tert-OH is 1. The molecule has 2 aromatic heterocycles. The number of fused-ring (bicyclic) bond motifs is 1. The van der Waals surface area contributed by atoms with E-state index in [9.17, 15) is 5.11 Å². The van der Waals surface area contributed by atoms with Crippen LogP contribution >= 0.6 is 11.3 Å². The number of nitrogens with zero attached hydrogens (tertiary/aromatic N) is 2. The molecule has 21 heavy (non-hydrogen) atoms. The minimum absolute atomic E-state index is 0.331. The van der Waals surface area contributed by atoms with E-state index in [1.165, 1.54) is 41.8 Å². The summed E-state index contributed by atoms with van der Waals surface area (Å²) in [6.07, 6.45) is 10.8. The van der Waals surface area contributed by atoms with Gasteiger partial charge in [-0.15, -0.1) is 11.3 Å². The van der Waals surface area contributed by atoms with E-state index in [4.69, 9.17) is 0 Å². The fourth-order valence-corrected chi connectivity index (χ4v) is 5.32. The molecule has 2 fully saturated rings. The third-order valence-electron chi connectivity index (χ3n) is 5.22. The maximum absolute atomic E-state index is 10.9. The van der Waals surface area contributed by atoms with Crippen molar-refractivity contribution in [2.24, 2.45) is 11.3 Å². The first kappa shape index (κ1) is 13.8. The Labute approximate surface area is 130 Å². The van der Waals surface area contributed by atoms with E-state index in [1.54, 1.807) is 0 Å². The van der Waals surface area contributed by atoms with Crippen molar-refractivity contribution < 1.29 is 5.11 Å². The van der Waals surface area contributed by atoms with Crippen LogP contribution in [0.3, 0.4) is 0 Å². The van der Waals surface area contributed by atoms with Crippen LogP contribution in [-0.2, 0) is 0 Å². The van der Waals surface area contributed by atoms with Crippen LogP contribution in [0.2, 0.25) is 0 Å². The topological polar surface area (TPSA) is 37.5 Å². The lowest BCUT2D eigenvalue weighted by Gasteiger charge is -2.19. The standard InChI is InChI=1S/C17H24N2OS/c1-17(2)6-5-11(8-17)7-13(20)15-16(12-3-4-12)21-14-9-18-10-19(14)15/h9-13,20H,3-8H2,1-2H3/t11?,13-/m1/s1. The van der Waals surface area contributed by atoms with Gasteiger partial charge in [-0.25, -0.2) is 4.98 Å². The molecule has 2 heterocycles. The number of imidazole rings is 1. The molecule has 2 aliphatic rings. The van der Waals surface area contributed by atoms with E-state index < -0.39 is 0 Å². The zero-order valence-electron chi connectivity index (χ0n) is 12.9. The number of aromatic nitrogens is 2. The molecule has 0 aliphatic heterocycles. The molecule has 2 saturated carbocycles. The molecule has 2 aliphatic carbocycles. The zero-order valence-corrected chi connectivity index (χ0v) is 13.7. The Morgan fingerprint density at radius 2 is 2.24 bits per heavy atom. The van der Waals surface area contributed by atoms with Crippen LogP contribution in [-0.4, -0.2) is 14.5 Å². The summed E-state index contributed by atoms with van der Waals surface area (Å²) in [5.74, 6) is 1.36. The summed E-state index contributed by atoms with van der Waals surface area (Å²) in [4.78, 5) is 6.83. The molecule has 1 N–H and O–H groups in total. The Morgan fingerprint density at radius 3 is 2.90 bits per heavy atom. The van der Waals surface area contributed by atoms with Gasteiger partial charge < -0.3 is 5.11 Å². The van der Waals surface area contributed by atoms with E-state index in [2.05, 4.69) is 23.2 Å². The second-order valence-electron chi connectivity index (χ2n) is 7.75. The number of rotatable bonds is 4. The van der Waals surface area contributed by atoms with Crippen molar-refractivity contribution in [2.45, 2.75) is 64.4 Å². The van der Waals surface area contributed by atoms with Crippen LogP contribution in [0.4, 0.5) is 0 Å². The highest BCUT2D eigenvalue weighted by atomic mass is 32.1. The van der Waals surface area contributed by atoms with Gasteiger partial charge in [0.05, 0.1) is 18.0 Å². The fourth-order valence-electron chi connectivity index (χ4n) is 3.99. The Bertz CT molecular complexity index is 653. The molecule has 3 nitrogen and oxygen atoms in total. The molecule has 0 aromatic carbocycles. The van der Waals surface area contributed by atoms with Gasteiger partial charge in [-0.3, -0.25) is 4.40 Å². The molecule has 4 heteroatoms. The summed E-state index contributed by atoms with van der Waals surface area (Å²) in [6, 6.07) is 0. The first-order chi connectivity index (χ1) is 10.0. The summed E-state index contributed by atoms with van der Waals surface area (Å²) in [5, 5.41) is 10.9. The fraction of sp³-hybridized carbons (Fsp3) is 0.706. The average Bonchev–Trinajstić information content (AvgIpc) is 2.90. The molecule has 2 aromatic rings. The van der Waals surface area contributed by atoms with Crippen molar-refractivity contribution in [3.05, 3.63) is 23.1 Å². The highest BCUT2D eigenvalue weighted by Gasteiger charge is 2.35. The molecule has 1 unspecified atom stereocenters. The molecular formula is C17H24N2OS. The Hall–Kier alpha value is -0.870. The number of hydrogen-bond donors (Lipinski definition) is 1. The predicted molar refractivity (Wildman–Crippen MR) is 85.7 cm³/mol. The molecule has 0 spiro atoms. The van der Waals surface area contributed by atoms with Gasteiger partial charge in [-0.05, 0) is 55.8 Å². The second-order valence-corrected chi connectivity index (χ2v) is 8.81. The number of hydrogen-bond acceptors (Lipinski definition) is 3. The highest BCUT2D eigenvalue weighted by molar-refractivity contribution is 7.17. The van der Waals surface area contributed by atoms with Crippen molar-refractivity contribution in [2.75, 3.05) is 0 Å². The smallest absolute Gasteiger partial charge is 0.120 e. The van der Waals surface area contributed by atoms with Crippen molar-refractivity contribution in [1.29, 1.82) is 0 Å². The minimum Gasteiger partial charge on any atom is -0.387 e. The maximum Gasteiger partial charge on any atom is 0.120 e. The summed E-state index contributed by atoms with van der Waals surface area (Å²) < 4.78 is 2.13. The van der Waals surface area contributed by atoms with Gasteiger partial charge in [0.25, 0.3) is 0 Å². The van der Waals surface area contributed by atoms with Crippen molar-refractivity contribution in [1.82, 2.24) is 9.38 Å². The number of thiazole rings is 1. The molecule has 0 amide bonds. The summed E-state index contributed by atoms with van der Waals surface area (Å²) >= 11 is 1.83. The van der Waals surface area contributed by atoms with Crippen LogP contribution in [0.5, 0.6) is 0 Å². The predicted octanol–water partition coefficient (Wildman–Crippen LogP) is 4.52. The summed E-state index contributed by atoms with van der Waals surface area (Å²) in [7, 11) is 0. The van der Waals surface area contributed by atoms with Crippen molar-refractivity contribution in [3.63, 3.8) is 0 Å². The monoisotopic (exact) mass is 304 g/mol. The average molecular weight is 304 g/mol. The Kier molecular flexibility index (Phi) is 3.16. The lowest BCUT2D eigenvalue weighted by atomic mass is 9.89. The number of aliphatic hydroxyl groups is 1. The van der Waals surface area contributed by atoms with E-state index in [1.807, 2.05) is 23.9 Å². The van der Waals surface area contributed by atoms with Gasteiger partial charge in [0, 0.05) is 4.88 Å². The molecule has 0 saturated heterocycles. The van der Waals surface area contributed by atoms with Gasteiger partial charge in [0.15, 0.2) is 0 Å². The Morgan fingerprint density at radius 1 is 1.43 bits per heavy atom. The van der Waals surface area contributed by atoms with Crippen LogP contribution < -0.4 is 0 Å². The van der Waals surface area contributed by atoms with Crippen LogP contribution in [0.1, 0.15) is 75.0 Å². The SMILES string of the molecule is CC1(C)CCC(C[C@@H](O)c2c(C3CC3)sc3cncn23)C1. The first-order valence-electron chi connectivity index (χ1n) is 8.16. The molecule has 0 radical (unpaired) electrons. The van der Waals surface area contributed by atoms with Crippen LogP contribution in [0.25, 0.3) is 4.83 Å². The van der Waals surface area contributed by atoms with Gasteiger partial charge in [0.1, 0.15) is 11.2 Å². The van der Waals surface area contributed by atoms with Gasteiger partial charge >= 0.3 is 0 Å². The zero-order chi connectivity index (χ0) is 14.6. The van der Waals surface area contributed by atoms with Crippen LogP contribution in [0.15, 0.2) is 12.5 Å². The van der Waals surface area contributed by atoms with E-state index in [0.29, 0.717) is 17.3 Å². The molecular weight excluding hydrogens is 280 g/mol. The molecule has 114 valence electrons. The maximum atomic E-state index is 10.9. The van der Waals surface area contributed by atoms with Gasteiger partial charge in [-0.2, -0.15) is 0 Å². The Balaban J connectivity index is 1.60. The van der Waals surface area contributed by atoms with E-state index in [-0.39, 0.29) is 6.10 Å². The molecule has 4 rings (SSSR count). The van der Waals surface area contributed by atoms with Gasteiger partial charge in [-0.1, -0.05) is 13.8 Å². The quantitative estimate of drug-likeness (QED) is 0.901. The van der Waals surface area contributed by atoms with Crippen LogP contribution in [0, 0.1) is 11.3 Å². The summed E-state index contributed by atoms with van der Waals surface area (Å²) in [5.41, 5.74) is 1.60. The largest absolute Gasteiger partial charge is 0.387 e. The van der Waals surface area contributed by atoms with E-state index in [0.717, 1.165) is 12.1 Å². The lowest BCUT2D eigenvalue weighted by Crippen LogP contribution is -2.10. The lowest BCUT2D eigenvalue weighted by molar-refractivity contribution is 0.136. The normalized spacial score (nSPS) is 26.5. The molecule has 2 atom stereocenters. The van der Waals surface area contributed by atoms with Crippen molar-refractivity contribution in [3.8, 4) is 0 Å². The third kappa shape index (κ3) is 2.53. The summed E-state index contributed by atoms with van der Waals surface area (Å²) in [6.45, 7) is 4.71. The molecule has 0 bridgehead atoms. The highest BCUT2D eigenvalue weighted by Crippen LogP contribution is 2.49. The second kappa shape index (κ2) is 4.82. The van der Waals surface area contributed by atoms with Gasteiger partial charge in [0.2, 0.25) is 0 Å². The third-order valence-corrected chi connectivity index (χ3v) is 6.50. The van der Waals surface area contributed by atoms with Crippen molar-refractivity contribution >= 4 is 16.2 Å². The van der Waals surface area contributed by atoms with E-state index >= 15 is 0 Å². The first-order valence-corrected chi connectivity index (χ1v) is 8.98. The minimum atomic E-state index is -0.331.